The summed E-state index contributed by atoms with van der Waals surface area (Å²) in [4.78, 5) is 11.5. The summed E-state index contributed by atoms with van der Waals surface area (Å²) in [7, 11) is 2.06. The molecule has 8 heteroatoms. The van der Waals surface area contributed by atoms with Gasteiger partial charge >= 0.3 is 0 Å². The summed E-state index contributed by atoms with van der Waals surface area (Å²) in [5, 5.41) is 19.0. The van der Waals surface area contributed by atoms with E-state index in [2.05, 4.69) is 23.8 Å². The van der Waals surface area contributed by atoms with Gasteiger partial charge in [-0.1, -0.05) is 12.7 Å². The molecule has 3 aromatic rings. The van der Waals surface area contributed by atoms with Gasteiger partial charge in [-0.25, -0.2) is 0 Å². The molecule has 0 radical (unpaired) electrons. The van der Waals surface area contributed by atoms with E-state index in [1.165, 1.54) is 17.0 Å². The fourth-order valence-electron chi connectivity index (χ4n) is 2.80. The Morgan fingerprint density at radius 2 is 1.90 bits per heavy atom. The van der Waals surface area contributed by atoms with Crippen LogP contribution in [0.3, 0.4) is 0 Å². The van der Waals surface area contributed by atoms with Crippen LogP contribution < -0.4 is 9.64 Å². The number of nitro groups is 1. The number of non-ortho nitro benzene ring substituents is 1. The van der Waals surface area contributed by atoms with Crippen LogP contribution in [0.2, 0.25) is 0 Å². The lowest BCUT2D eigenvalue weighted by Gasteiger charge is -2.19. The third-order valence-electron chi connectivity index (χ3n) is 4.65. The molecule has 29 heavy (non-hydrogen) atoms. The lowest BCUT2D eigenvalue weighted by Crippen LogP contribution is -3.07. The number of rotatable bonds is 9. The zero-order chi connectivity index (χ0) is 20.8. The van der Waals surface area contributed by atoms with Gasteiger partial charge in [0.05, 0.1) is 12.0 Å². The molecule has 1 N–H and O–H groups in total. The van der Waals surface area contributed by atoms with Crippen LogP contribution in [0.4, 0.5) is 5.69 Å². The van der Waals surface area contributed by atoms with Crippen LogP contribution >= 0.6 is 0 Å². The maximum absolute atomic E-state index is 10.8. The van der Waals surface area contributed by atoms with Crippen LogP contribution in [-0.2, 0) is 6.54 Å². The predicted octanol–water partition coefficient (Wildman–Crippen LogP) is 2.99. The van der Waals surface area contributed by atoms with Crippen molar-refractivity contribution in [2.75, 3.05) is 13.7 Å². The molecule has 1 heterocycles. The highest BCUT2D eigenvalue weighted by Gasteiger charge is 2.23. The third-order valence-corrected chi connectivity index (χ3v) is 4.65. The number of nitro benzene ring substituents is 1. The largest absolute Gasteiger partial charge is 0.490 e. The molecule has 2 aromatic carbocycles. The Balaban J connectivity index is 1.64. The standard InChI is InChI=1S/C21H22N4O4/c1-4-13-28-19-11-5-16(6-12-19)14-24(3)15(2)20-22-23-21(29-20)17-7-9-18(10-8-17)25(26)27/h4-12,15H,1,13-14H2,2-3H3/p+1/t15-/m0/s1. The van der Waals surface area contributed by atoms with Gasteiger partial charge in [-0.3, -0.25) is 10.1 Å². The predicted molar refractivity (Wildman–Crippen MR) is 108 cm³/mol. The van der Waals surface area contributed by atoms with E-state index in [1.54, 1.807) is 18.2 Å². The maximum atomic E-state index is 10.8. The molecule has 150 valence electrons. The molecule has 0 aliphatic rings. The fourth-order valence-corrected chi connectivity index (χ4v) is 2.80. The number of ether oxygens (including phenoxy) is 1. The van der Waals surface area contributed by atoms with Gasteiger partial charge in [0.25, 0.3) is 11.6 Å². The van der Waals surface area contributed by atoms with Gasteiger partial charge in [0.2, 0.25) is 5.89 Å². The number of benzene rings is 2. The van der Waals surface area contributed by atoms with Crippen molar-refractivity contribution in [2.45, 2.75) is 19.5 Å². The highest BCUT2D eigenvalue weighted by molar-refractivity contribution is 5.55. The first kappa shape index (κ1) is 20.2. The SMILES string of the molecule is C=CCOc1ccc(C[NH+](C)[C@@H](C)c2nnc(-c3ccc([N+](=O)[O-])cc3)o2)cc1. The summed E-state index contributed by atoms with van der Waals surface area (Å²) in [5.74, 6) is 1.67. The minimum atomic E-state index is -0.443. The molecule has 0 saturated heterocycles. The van der Waals surface area contributed by atoms with Gasteiger partial charge in [0, 0.05) is 23.3 Å². The molecule has 1 unspecified atom stereocenters. The number of nitrogens with zero attached hydrogens (tertiary/aromatic N) is 3. The summed E-state index contributed by atoms with van der Waals surface area (Å²) in [6.45, 7) is 6.91. The van der Waals surface area contributed by atoms with Crippen LogP contribution in [0.1, 0.15) is 24.4 Å². The summed E-state index contributed by atoms with van der Waals surface area (Å²) < 4.78 is 11.3. The molecule has 3 rings (SSSR count). The van der Waals surface area contributed by atoms with E-state index < -0.39 is 4.92 Å². The van der Waals surface area contributed by atoms with Crippen LogP contribution in [0.15, 0.2) is 65.6 Å². The second-order valence-electron chi connectivity index (χ2n) is 6.74. The lowest BCUT2D eigenvalue weighted by molar-refractivity contribution is -0.925. The monoisotopic (exact) mass is 395 g/mol. The Morgan fingerprint density at radius 3 is 2.52 bits per heavy atom. The normalized spacial score (nSPS) is 12.9. The lowest BCUT2D eigenvalue weighted by atomic mass is 10.2. The Labute approximate surface area is 168 Å². The molecule has 0 spiro atoms. The summed E-state index contributed by atoms with van der Waals surface area (Å²) in [5.41, 5.74) is 1.83. The molecular weight excluding hydrogens is 372 g/mol. The molecule has 0 fully saturated rings. The molecule has 0 aliphatic heterocycles. The quantitative estimate of drug-likeness (QED) is 0.340. The second-order valence-corrected chi connectivity index (χ2v) is 6.74. The zero-order valence-electron chi connectivity index (χ0n) is 16.4. The molecule has 0 amide bonds. The number of hydrogen-bond donors (Lipinski definition) is 1. The molecule has 8 nitrogen and oxygen atoms in total. The van der Waals surface area contributed by atoms with Crippen molar-refractivity contribution in [3.05, 3.63) is 82.8 Å². The number of aromatic nitrogens is 2. The molecule has 1 aromatic heterocycles. The van der Waals surface area contributed by atoms with E-state index in [-0.39, 0.29) is 11.7 Å². The third kappa shape index (κ3) is 5.05. The number of quaternary nitrogens is 1. The van der Waals surface area contributed by atoms with E-state index in [1.807, 2.05) is 31.2 Å². The van der Waals surface area contributed by atoms with Crippen molar-refractivity contribution in [2.24, 2.45) is 0 Å². The van der Waals surface area contributed by atoms with Crippen molar-refractivity contribution >= 4 is 5.69 Å². The van der Waals surface area contributed by atoms with Gasteiger partial charge in [-0.15, -0.1) is 10.2 Å². The van der Waals surface area contributed by atoms with E-state index in [4.69, 9.17) is 9.15 Å². The highest BCUT2D eigenvalue weighted by atomic mass is 16.6. The fraction of sp³-hybridized carbons (Fsp3) is 0.238. The van der Waals surface area contributed by atoms with Crippen LogP contribution in [-0.4, -0.2) is 28.8 Å². The second kappa shape index (κ2) is 9.11. The molecular formula is C21H23N4O4+. The molecule has 0 aliphatic carbocycles. The van der Waals surface area contributed by atoms with E-state index in [0.29, 0.717) is 24.0 Å². The Hall–Kier alpha value is -3.52. The summed E-state index contributed by atoms with van der Waals surface area (Å²) in [6.07, 6.45) is 1.71. The average molecular weight is 395 g/mol. The molecule has 0 saturated carbocycles. The van der Waals surface area contributed by atoms with Crippen LogP contribution in [0.5, 0.6) is 5.75 Å². The van der Waals surface area contributed by atoms with Crippen molar-refractivity contribution in [1.82, 2.24) is 10.2 Å². The van der Waals surface area contributed by atoms with Crippen molar-refractivity contribution in [1.29, 1.82) is 0 Å². The van der Waals surface area contributed by atoms with Gasteiger partial charge in [-0.2, -0.15) is 0 Å². The Kier molecular flexibility index (Phi) is 6.36. The van der Waals surface area contributed by atoms with Crippen molar-refractivity contribution in [3.63, 3.8) is 0 Å². The van der Waals surface area contributed by atoms with E-state index in [0.717, 1.165) is 17.9 Å². The number of hydrogen-bond acceptors (Lipinski definition) is 6. The zero-order valence-corrected chi connectivity index (χ0v) is 16.4. The van der Waals surface area contributed by atoms with Gasteiger partial charge in [0.1, 0.15) is 18.9 Å². The minimum Gasteiger partial charge on any atom is -0.490 e. The first-order valence-electron chi connectivity index (χ1n) is 9.21. The Morgan fingerprint density at radius 1 is 1.21 bits per heavy atom. The molecule has 0 bridgehead atoms. The average Bonchev–Trinajstić information content (AvgIpc) is 3.23. The summed E-state index contributed by atoms with van der Waals surface area (Å²) >= 11 is 0. The van der Waals surface area contributed by atoms with Gasteiger partial charge < -0.3 is 14.1 Å². The Bertz CT molecular complexity index is 967. The minimum absolute atomic E-state index is 0.0203. The van der Waals surface area contributed by atoms with E-state index >= 15 is 0 Å². The smallest absolute Gasteiger partial charge is 0.274 e. The van der Waals surface area contributed by atoms with Crippen LogP contribution in [0.25, 0.3) is 11.5 Å². The number of nitrogens with one attached hydrogen (secondary N) is 1. The van der Waals surface area contributed by atoms with Gasteiger partial charge in [0.15, 0.2) is 6.04 Å². The van der Waals surface area contributed by atoms with E-state index in [9.17, 15) is 10.1 Å². The van der Waals surface area contributed by atoms with Gasteiger partial charge in [-0.05, 0) is 43.3 Å². The highest BCUT2D eigenvalue weighted by Crippen LogP contribution is 2.22. The van der Waals surface area contributed by atoms with Crippen molar-refractivity contribution in [3.8, 4) is 17.2 Å². The topological polar surface area (TPSA) is 95.7 Å². The van der Waals surface area contributed by atoms with Crippen LogP contribution in [0, 0.1) is 10.1 Å². The summed E-state index contributed by atoms with van der Waals surface area (Å²) in [6, 6.07) is 14.0. The first-order chi connectivity index (χ1) is 14.0. The van der Waals surface area contributed by atoms with Crippen molar-refractivity contribution < 1.29 is 19.0 Å². The first-order valence-corrected chi connectivity index (χ1v) is 9.21. The maximum Gasteiger partial charge on any atom is 0.274 e. The molecule has 2 atom stereocenters.